The highest BCUT2D eigenvalue weighted by atomic mass is 35.5. The van der Waals surface area contributed by atoms with Crippen LogP contribution in [-0.4, -0.2) is 17.4 Å². The van der Waals surface area contributed by atoms with Crippen molar-refractivity contribution in [3.8, 4) is 0 Å². The van der Waals surface area contributed by atoms with E-state index in [2.05, 4.69) is 10.3 Å². The number of aromatic nitrogens is 1. The number of rotatable bonds is 5. The predicted molar refractivity (Wildman–Crippen MR) is 89.5 cm³/mol. The third-order valence-corrected chi connectivity index (χ3v) is 4.11. The molecule has 1 heterocycles. The molecular weight excluding hydrogens is 329 g/mol. The molecule has 2 rings (SSSR count). The molecule has 0 aliphatic rings. The second-order valence-corrected chi connectivity index (χ2v) is 5.73. The number of thiazole rings is 1. The average molecular weight is 346 g/mol. The normalized spacial score (nSPS) is 11.6. The molecule has 0 fully saturated rings. The molecule has 1 unspecified atom stereocenters. The summed E-state index contributed by atoms with van der Waals surface area (Å²) in [6.45, 7) is 2.43. The van der Waals surface area contributed by atoms with E-state index in [0.29, 0.717) is 23.7 Å². The molecule has 4 nitrogen and oxygen atoms in total. The van der Waals surface area contributed by atoms with Crippen molar-refractivity contribution in [1.29, 1.82) is 0 Å². The van der Waals surface area contributed by atoms with Gasteiger partial charge in [-0.25, -0.2) is 4.98 Å². The lowest BCUT2D eigenvalue weighted by atomic mass is 10.1. The van der Waals surface area contributed by atoms with Gasteiger partial charge in [0.05, 0.1) is 11.0 Å². The minimum atomic E-state index is -0.197. The number of hydrogen-bond donors (Lipinski definition) is 2. The first-order chi connectivity index (χ1) is 9.61. The maximum atomic E-state index is 12.1. The highest BCUT2D eigenvalue weighted by Gasteiger charge is 2.15. The summed E-state index contributed by atoms with van der Waals surface area (Å²) in [5.74, 6) is -0.197. The molecule has 0 radical (unpaired) electrons. The molecular formula is C14H17Cl2N3OS. The fourth-order valence-corrected chi connectivity index (χ4v) is 2.92. The number of nitrogens with zero attached hydrogens (tertiary/aromatic N) is 1. The molecule has 0 spiro atoms. The molecule has 21 heavy (non-hydrogen) atoms. The molecule has 0 saturated carbocycles. The molecule has 0 saturated heterocycles. The zero-order valence-corrected chi connectivity index (χ0v) is 13.9. The Hall–Kier alpha value is -1.14. The van der Waals surface area contributed by atoms with Crippen LogP contribution in [0.1, 0.15) is 34.0 Å². The molecule has 0 aliphatic carbocycles. The van der Waals surface area contributed by atoms with E-state index < -0.39 is 0 Å². The molecule has 1 aromatic carbocycles. The Bertz CT molecular complexity index is 603. The second kappa shape index (κ2) is 8.34. The fourth-order valence-electron chi connectivity index (χ4n) is 1.83. The van der Waals surface area contributed by atoms with Crippen molar-refractivity contribution in [3.63, 3.8) is 0 Å². The Labute approximate surface area is 139 Å². The molecule has 0 bridgehead atoms. The standard InChI is InChI=1S/C14H16ClN3OS.ClH/c1-9(10-4-2-3-5-11(10)15)17-14(19)12-8-20-13(18-12)6-7-16;/h2-5,8-9H,6-7,16H2,1H3,(H,17,19);1H. The number of benzene rings is 1. The van der Waals surface area contributed by atoms with Gasteiger partial charge in [-0.15, -0.1) is 23.7 Å². The van der Waals surface area contributed by atoms with Gasteiger partial charge in [0.1, 0.15) is 5.69 Å². The van der Waals surface area contributed by atoms with Crippen molar-refractivity contribution >= 4 is 41.3 Å². The first-order valence-corrected chi connectivity index (χ1v) is 7.57. The van der Waals surface area contributed by atoms with Crippen molar-refractivity contribution in [2.75, 3.05) is 6.54 Å². The van der Waals surface area contributed by atoms with Crippen molar-refractivity contribution in [1.82, 2.24) is 10.3 Å². The van der Waals surface area contributed by atoms with Crippen molar-refractivity contribution in [3.05, 3.63) is 50.9 Å². The number of hydrogen-bond acceptors (Lipinski definition) is 4. The lowest BCUT2D eigenvalue weighted by Crippen LogP contribution is -2.27. The number of nitrogens with one attached hydrogen (secondary N) is 1. The zero-order chi connectivity index (χ0) is 14.5. The van der Waals surface area contributed by atoms with E-state index in [1.165, 1.54) is 11.3 Å². The predicted octanol–water partition coefficient (Wildman–Crippen LogP) is 3.21. The van der Waals surface area contributed by atoms with Gasteiger partial charge < -0.3 is 11.1 Å². The topological polar surface area (TPSA) is 68.0 Å². The van der Waals surface area contributed by atoms with Crippen LogP contribution < -0.4 is 11.1 Å². The van der Waals surface area contributed by atoms with E-state index in [9.17, 15) is 4.79 Å². The quantitative estimate of drug-likeness (QED) is 0.874. The van der Waals surface area contributed by atoms with Gasteiger partial charge in [0, 0.05) is 16.8 Å². The SMILES string of the molecule is CC(NC(=O)c1csc(CCN)n1)c1ccccc1Cl.Cl. The Morgan fingerprint density at radius 3 is 2.86 bits per heavy atom. The van der Waals surface area contributed by atoms with E-state index in [-0.39, 0.29) is 24.4 Å². The number of carbonyl (C=O) groups is 1. The van der Waals surface area contributed by atoms with Gasteiger partial charge in [-0.1, -0.05) is 29.8 Å². The summed E-state index contributed by atoms with van der Waals surface area (Å²) in [5.41, 5.74) is 6.79. The minimum absolute atomic E-state index is 0. The van der Waals surface area contributed by atoms with Gasteiger partial charge >= 0.3 is 0 Å². The molecule has 1 aromatic heterocycles. The van der Waals surface area contributed by atoms with Gasteiger partial charge in [0.2, 0.25) is 0 Å². The summed E-state index contributed by atoms with van der Waals surface area (Å²) < 4.78 is 0. The maximum Gasteiger partial charge on any atom is 0.271 e. The molecule has 2 aromatic rings. The zero-order valence-electron chi connectivity index (χ0n) is 11.5. The fraction of sp³-hybridized carbons (Fsp3) is 0.286. The van der Waals surface area contributed by atoms with Crippen molar-refractivity contribution < 1.29 is 4.79 Å². The van der Waals surface area contributed by atoms with Gasteiger partial charge in [0.15, 0.2) is 0 Å². The van der Waals surface area contributed by atoms with Gasteiger partial charge in [-0.05, 0) is 25.1 Å². The molecule has 1 amide bonds. The Balaban J connectivity index is 0.00000220. The van der Waals surface area contributed by atoms with Crippen molar-refractivity contribution in [2.24, 2.45) is 5.73 Å². The van der Waals surface area contributed by atoms with Crippen LogP contribution in [-0.2, 0) is 6.42 Å². The lowest BCUT2D eigenvalue weighted by molar-refractivity contribution is 0.0935. The monoisotopic (exact) mass is 345 g/mol. The van der Waals surface area contributed by atoms with Crippen LogP contribution in [0.15, 0.2) is 29.6 Å². The second-order valence-electron chi connectivity index (χ2n) is 4.38. The highest BCUT2D eigenvalue weighted by molar-refractivity contribution is 7.09. The highest BCUT2D eigenvalue weighted by Crippen LogP contribution is 2.22. The smallest absolute Gasteiger partial charge is 0.271 e. The van der Waals surface area contributed by atoms with E-state index in [1.54, 1.807) is 5.38 Å². The molecule has 3 N–H and O–H groups in total. The molecule has 0 aliphatic heterocycles. The van der Waals surface area contributed by atoms with Crippen LogP contribution >= 0.6 is 35.3 Å². The molecule has 114 valence electrons. The van der Waals surface area contributed by atoms with E-state index in [4.69, 9.17) is 17.3 Å². The summed E-state index contributed by atoms with van der Waals surface area (Å²) >= 11 is 7.57. The van der Waals surface area contributed by atoms with Crippen LogP contribution in [0.2, 0.25) is 5.02 Å². The van der Waals surface area contributed by atoms with Crippen LogP contribution in [0.25, 0.3) is 0 Å². The van der Waals surface area contributed by atoms with Gasteiger partial charge in [-0.3, -0.25) is 4.79 Å². The summed E-state index contributed by atoms with van der Waals surface area (Å²) in [5, 5.41) is 6.17. The summed E-state index contributed by atoms with van der Waals surface area (Å²) in [6, 6.07) is 7.29. The first-order valence-electron chi connectivity index (χ1n) is 6.31. The summed E-state index contributed by atoms with van der Waals surface area (Å²) in [7, 11) is 0. The maximum absolute atomic E-state index is 12.1. The molecule has 7 heteroatoms. The Kier molecular flexibility index (Phi) is 7.11. The van der Waals surface area contributed by atoms with Crippen LogP contribution in [0.5, 0.6) is 0 Å². The number of amides is 1. The largest absolute Gasteiger partial charge is 0.344 e. The van der Waals surface area contributed by atoms with Gasteiger partial charge in [0.25, 0.3) is 5.91 Å². The Morgan fingerprint density at radius 2 is 2.19 bits per heavy atom. The van der Waals surface area contributed by atoms with Gasteiger partial charge in [-0.2, -0.15) is 0 Å². The summed E-state index contributed by atoms with van der Waals surface area (Å²) in [6.07, 6.45) is 0.692. The Morgan fingerprint density at radius 1 is 1.48 bits per heavy atom. The van der Waals surface area contributed by atoms with Crippen molar-refractivity contribution in [2.45, 2.75) is 19.4 Å². The summed E-state index contributed by atoms with van der Waals surface area (Å²) in [4.78, 5) is 16.4. The minimum Gasteiger partial charge on any atom is -0.344 e. The number of carbonyl (C=O) groups excluding carboxylic acids is 1. The van der Waals surface area contributed by atoms with E-state index in [0.717, 1.165) is 10.6 Å². The number of nitrogens with two attached hydrogens (primary N) is 1. The van der Waals surface area contributed by atoms with Crippen LogP contribution in [0, 0.1) is 0 Å². The average Bonchev–Trinajstić information content (AvgIpc) is 2.88. The lowest BCUT2D eigenvalue weighted by Gasteiger charge is -2.14. The third kappa shape index (κ3) is 4.68. The molecule has 1 atom stereocenters. The van der Waals surface area contributed by atoms with E-state index in [1.807, 2.05) is 31.2 Å². The third-order valence-electron chi connectivity index (χ3n) is 2.86. The first kappa shape index (κ1) is 17.9. The number of halogens is 2. The van der Waals surface area contributed by atoms with Crippen LogP contribution in [0.3, 0.4) is 0 Å². The van der Waals surface area contributed by atoms with Crippen LogP contribution in [0.4, 0.5) is 0 Å². The van der Waals surface area contributed by atoms with E-state index >= 15 is 0 Å².